The van der Waals surface area contributed by atoms with Crippen LogP contribution in [0.5, 0.6) is 0 Å². The third kappa shape index (κ3) is 2.80. The Morgan fingerprint density at radius 1 is 1.45 bits per heavy atom. The van der Waals surface area contributed by atoms with Gasteiger partial charge < -0.3 is 5.11 Å². The topological polar surface area (TPSA) is 23.1 Å². The number of rotatable bonds is 4. The lowest BCUT2D eigenvalue weighted by Gasteiger charge is -2.21. The maximum absolute atomic E-state index is 10.8. The van der Waals surface area contributed by atoms with E-state index in [0.29, 0.717) is 11.1 Å². The van der Waals surface area contributed by atoms with E-state index in [1.54, 1.807) is 25.5 Å². The molecule has 0 saturated carbocycles. The number of hydrogen-bond acceptors (Lipinski definition) is 1. The highest BCUT2D eigenvalue weighted by atomic mass is 16.3. The Balaban J connectivity index is 4.41. The summed E-state index contributed by atoms with van der Waals surface area (Å²) in [6.45, 7) is 12.3. The summed E-state index contributed by atoms with van der Waals surface area (Å²) in [5.41, 5.74) is 1.20. The van der Waals surface area contributed by atoms with E-state index in [2.05, 4.69) is 19.7 Å². The Labute approximate surface area is 68.1 Å². The van der Waals surface area contributed by atoms with E-state index in [0.717, 1.165) is 0 Å². The normalized spacial score (nSPS) is 10.5. The zero-order valence-corrected chi connectivity index (χ0v) is 6.76. The van der Waals surface area contributed by atoms with Crippen LogP contribution < -0.4 is 5.11 Å². The minimum Gasteiger partial charge on any atom is -0.879 e. The van der Waals surface area contributed by atoms with Crippen molar-refractivity contribution in [2.75, 3.05) is 0 Å². The van der Waals surface area contributed by atoms with Crippen LogP contribution >= 0.6 is 0 Å². The fraction of sp³-hybridized carbons (Fsp3) is 0.100. The van der Waals surface area contributed by atoms with Crippen molar-refractivity contribution < 1.29 is 5.11 Å². The summed E-state index contributed by atoms with van der Waals surface area (Å²) in [4.78, 5) is 0. The van der Waals surface area contributed by atoms with Gasteiger partial charge in [0, 0.05) is 0 Å². The lowest BCUT2D eigenvalue weighted by Crippen LogP contribution is -2.06. The average Bonchev–Trinajstić information content (AvgIpc) is 1.88. The first kappa shape index (κ1) is 9.63. The Hall–Kier alpha value is -1.37. The molecule has 0 spiro atoms. The Morgan fingerprint density at radius 2 is 2.00 bits per heavy atom. The smallest absolute Gasteiger partial charge is 0.0548 e. The molecule has 0 heterocycles. The maximum atomic E-state index is 10.8. The molecule has 0 amide bonds. The molecule has 1 heteroatoms. The predicted molar refractivity (Wildman–Crippen MR) is 46.5 cm³/mol. The Kier molecular flexibility index (Phi) is 3.89. The van der Waals surface area contributed by atoms with Gasteiger partial charge in [0.2, 0.25) is 0 Å². The van der Waals surface area contributed by atoms with Crippen LogP contribution in [0.25, 0.3) is 0 Å². The van der Waals surface area contributed by atoms with Gasteiger partial charge >= 0.3 is 0 Å². The summed E-state index contributed by atoms with van der Waals surface area (Å²) >= 11 is 0. The summed E-state index contributed by atoms with van der Waals surface area (Å²) in [6.07, 6.45) is 4.96. The van der Waals surface area contributed by atoms with Gasteiger partial charge in [-0.25, -0.2) is 0 Å². The minimum absolute atomic E-state index is 0.212. The highest BCUT2D eigenvalue weighted by Gasteiger charge is 1.87. The van der Waals surface area contributed by atoms with Crippen LogP contribution in [0.3, 0.4) is 0 Å². The van der Waals surface area contributed by atoms with Gasteiger partial charge in [0.25, 0.3) is 0 Å². The van der Waals surface area contributed by atoms with Crippen LogP contribution in [0, 0.1) is 6.42 Å². The van der Waals surface area contributed by atoms with Gasteiger partial charge in [0.15, 0.2) is 0 Å². The van der Waals surface area contributed by atoms with Crippen LogP contribution in [0.4, 0.5) is 0 Å². The molecule has 0 saturated heterocycles. The fourth-order valence-electron chi connectivity index (χ4n) is 0.757. The van der Waals surface area contributed by atoms with Gasteiger partial charge in [-0.1, -0.05) is 6.92 Å². The molecule has 0 bridgehead atoms. The molecule has 0 aromatic rings. The first-order valence-corrected chi connectivity index (χ1v) is 3.31. The lowest BCUT2D eigenvalue weighted by atomic mass is 10.0. The molecule has 0 aliphatic rings. The zero-order valence-electron chi connectivity index (χ0n) is 6.76. The molecule has 0 N–H and O–H groups in total. The molecule has 11 heavy (non-hydrogen) atoms. The summed E-state index contributed by atoms with van der Waals surface area (Å²) < 4.78 is 0. The van der Waals surface area contributed by atoms with E-state index in [1.165, 1.54) is 0 Å². The van der Waals surface area contributed by atoms with Crippen LogP contribution in [0.15, 0.2) is 48.8 Å². The van der Waals surface area contributed by atoms with Crippen molar-refractivity contribution in [2.45, 2.75) is 6.92 Å². The van der Waals surface area contributed by atoms with E-state index in [9.17, 15) is 5.11 Å². The van der Waals surface area contributed by atoms with Crippen molar-refractivity contribution >= 4 is 0 Å². The van der Waals surface area contributed by atoms with E-state index in [1.807, 2.05) is 0 Å². The molecule has 0 fully saturated rings. The molecule has 0 aliphatic carbocycles. The largest absolute Gasteiger partial charge is 0.879 e. The maximum Gasteiger partial charge on any atom is -0.0548 e. The van der Waals surface area contributed by atoms with Crippen molar-refractivity contribution in [1.82, 2.24) is 0 Å². The monoisotopic (exact) mass is 148 g/mol. The second-order valence-corrected chi connectivity index (χ2v) is 2.05. The first-order chi connectivity index (χ1) is 5.13. The molecule has 60 valence electrons. The van der Waals surface area contributed by atoms with E-state index in [4.69, 9.17) is 0 Å². The van der Waals surface area contributed by atoms with Crippen molar-refractivity contribution in [3.8, 4) is 0 Å². The summed E-state index contributed by atoms with van der Waals surface area (Å²) in [7, 11) is 0. The second-order valence-electron chi connectivity index (χ2n) is 2.05. The summed E-state index contributed by atoms with van der Waals surface area (Å²) in [6, 6.07) is 0. The molecule has 0 aromatic carbocycles. The number of allylic oxidation sites excluding steroid dienone is 3. The standard InChI is InChI=1S/C10H13O/c1-5-7-8(3)10(6-2)9(4)11/h5-7,11H,1,3-4H2,2H3/q-1/p-1/b10-6+. The highest BCUT2D eigenvalue weighted by molar-refractivity contribution is 5.45. The molecule has 0 unspecified atom stereocenters. The third-order valence-corrected chi connectivity index (χ3v) is 1.25. The molecule has 0 atom stereocenters. The molecular weight excluding hydrogens is 136 g/mol. The van der Waals surface area contributed by atoms with Crippen molar-refractivity contribution in [3.63, 3.8) is 0 Å². The molecule has 0 rings (SSSR count). The minimum atomic E-state index is -0.212. The van der Waals surface area contributed by atoms with Crippen molar-refractivity contribution in [1.29, 1.82) is 0 Å². The highest BCUT2D eigenvalue weighted by Crippen LogP contribution is 2.14. The quantitative estimate of drug-likeness (QED) is 0.338. The van der Waals surface area contributed by atoms with Crippen LogP contribution in [-0.2, 0) is 0 Å². The Morgan fingerprint density at radius 3 is 2.27 bits per heavy atom. The third-order valence-electron chi connectivity index (χ3n) is 1.25. The van der Waals surface area contributed by atoms with E-state index in [-0.39, 0.29) is 5.76 Å². The molecular formula is C10H12O-2. The lowest BCUT2D eigenvalue weighted by molar-refractivity contribution is -0.296. The molecule has 0 radical (unpaired) electrons. The van der Waals surface area contributed by atoms with E-state index < -0.39 is 0 Å². The van der Waals surface area contributed by atoms with Gasteiger partial charge in [-0.15, -0.1) is 30.2 Å². The van der Waals surface area contributed by atoms with Crippen LogP contribution in [0.1, 0.15) is 6.92 Å². The molecule has 1 nitrogen and oxygen atoms in total. The van der Waals surface area contributed by atoms with Crippen LogP contribution in [-0.4, -0.2) is 0 Å². The summed E-state index contributed by atoms with van der Waals surface area (Å²) in [5.74, 6) is -0.212. The van der Waals surface area contributed by atoms with Crippen molar-refractivity contribution in [3.05, 3.63) is 55.2 Å². The van der Waals surface area contributed by atoms with Gasteiger partial charge in [-0.3, -0.25) is 0 Å². The fourth-order valence-corrected chi connectivity index (χ4v) is 0.757. The second kappa shape index (κ2) is 4.45. The van der Waals surface area contributed by atoms with Gasteiger partial charge in [-0.05, 0) is 0 Å². The van der Waals surface area contributed by atoms with Crippen molar-refractivity contribution in [2.24, 2.45) is 0 Å². The van der Waals surface area contributed by atoms with Gasteiger partial charge in [-0.2, -0.15) is 25.0 Å². The summed E-state index contributed by atoms with van der Waals surface area (Å²) in [5, 5.41) is 10.8. The number of hydrogen-bond donors (Lipinski definition) is 0. The predicted octanol–water partition coefficient (Wildman–Crippen LogP) is 1.75. The zero-order chi connectivity index (χ0) is 8.85. The molecule has 0 aromatic heterocycles. The average molecular weight is 148 g/mol. The van der Waals surface area contributed by atoms with E-state index >= 15 is 0 Å². The Bertz CT molecular complexity index is 209. The van der Waals surface area contributed by atoms with Gasteiger partial charge in [0.1, 0.15) is 0 Å². The SMILES string of the molecule is C=C[CH-]C(=C)/C(=C\C)C(=C)[O-]. The van der Waals surface area contributed by atoms with Gasteiger partial charge in [0.05, 0.1) is 0 Å². The van der Waals surface area contributed by atoms with Crippen LogP contribution in [0.2, 0.25) is 0 Å². The molecule has 0 aliphatic heterocycles. The first-order valence-electron chi connectivity index (χ1n) is 3.31.